The van der Waals surface area contributed by atoms with Crippen LogP contribution in [0.3, 0.4) is 0 Å². The molecule has 3 aromatic heterocycles. The number of benzene rings is 2. The van der Waals surface area contributed by atoms with Gasteiger partial charge in [-0.15, -0.1) is 0 Å². The lowest BCUT2D eigenvalue weighted by atomic mass is 10.1. The van der Waals surface area contributed by atoms with Crippen molar-refractivity contribution in [1.82, 2.24) is 19.9 Å². The van der Waals surface area contributed by atoms with E-state index in [4.69, 9.17) is 4.98 Å². The average molecular weight is 282 g/mol. The van der Waals surface area contributed by atoms with Gasteiger partial charge in [0.1, 0.15) is 11.0 Å². The highest BCUT2D eigenvalue weighted by atomic mass is 14.8. The van der Waals surface area contributed by atoms with E-state index in [1.54, 1.807) is 12.4 Å². The van der Waals surface area contributed by atoms with E-state index in [1.807, 2.05) is 36.4 Å². The first-order valence-electron chi connectivity index (χ1n) is 7.09. The van der Waals surface area contributed by atoms with Gasteiger partial charge in [-0.3, -0.25) is 9.97 Å². The molecule has 5 aromatic rings. The molecule has 0 saturated carbocycles. The van der Waals surface area contributed by atoms with Gasteiger partial charge in [-0.05, 0) is 24.3 Å². The number of fused-ring (bicyclic) bond motifs is 6. The molecule has 4 heteroatoms. The Morgan fingerprint density at radius 1 is 0.591 bits per heavy atom. The van der Waals surface area contributed by atoms with Crippen molar-refractivity contribution in [3.05, 3.63) is 60.9 Å². The normalized spacial score (nSPS) is 11.6. The van der Waals surface area contributed by atoms with Crippen LogP contribution in [-0.4, -0.2) is 19.9 Å². The van der Waals surface area contributed by atoms with Crippen molar-refractivity contribution in [3.63, 3.8) is 0 Å². The Morgan fingerprint density at radius 3 is 2.36 bits per heavy atom. The van der Waals surface area contributed by atoms with Crippen molar-refractivity contribution < 1.29 is 0 Å². The van der Waals surface area contributed by atoms with E-state index in [0.717, 1.165) is 43.9 Å². The van der Waals surface area contributed by atoms with Crippen LogP contribution in [0.5, 0.6) is 0 Å². The SMILES string of the molecule is c1cnc2c(c1)ccc1c3nc4ccccc4nc3cnc12. The summed E-state index contributed by atoms with van der Waals surface area (Å²) in [4.78, 5) is 18.5. The molecule has 2 aromatic carbocycles. The van der Waals surface area contributed by atoms with Crippen LogP contribution in [0.4, 0.5) is 0 Å². The maximum absolute atomic E-state index is 4.78. The van der Waals surface area contributed by atoms with Crippen LogP contribution in [0.15, 0.2) is 60.9 Å². The summed E-state index contributed by atoms with van der Waals surface area (Å²) in [5, 5.41) is 2.07. The van der Waals surface area contributed by atoms with Crippen LogP contribution < -0.4 is 0 Å². The standard InChI is InChI=1S/C18H10N4/c1-2-6-14-13(5-1)21-15-10-20-18-12(17(15)22-14)8-7-11-4-3-9-19-16(11)18/h1-10H. The summed E-state index contributed by atoms with van der Waals surface area (Å²) in [6.07, 6.45) is 3.57. The molecule has 5 rings (SSSR count). The molecule has 102 valence electrons. The highest BCUT2D eigenvalue weighted by molar-refractivity contribution is 6.12. The first-order chi connectivity index (χ1) is 10.9. The molecule has 0 aliphatic carbocycles. The maximum Gasteiger partial charge on any atom is 0.108 e. The van der Waals surface area contributed by atoms with E-state index in [-0.39, 0.29) is 0 Å². The average Bonchev–Trinajstić information content (AvgIpc) is 2.59. The third-order valence-corrected chi connectivity index (χ3v) is 3.92. The second kappa shape index (κ2) is 4.18. The van der Waals surface area contributed by atoms with Gasteiger partial charge in [0.25, 0.3) is 0 Å². The first kappa shape index (κ1) is 11.5. The molecule has 0 saturated heterocycles. The summed E-state index contributed by atoms with van der Waals surface area (Å²) in [5.41, 5.74) is 5.23. The van der Waals surface area contributed by atoms with Crippen LogP contribution in [0.2, 0.25) is 0 Å². The van der Waals surface area contributed by atoms with E-state index in [0.29, 0.717) is 0 Å². The van der Waals surface area contributed by atoms with Gasteiger partial charge in [0.05, 0.1) is 28.3 Å². The zero-order chi connectivity index (χ0) is 14.5. The Labute approximate surface area is 125 Å². The van der Waals surface area contributed by atoms with Gasteiger partial charge in [0.15, 0.2) is 0 Å². The summed E-state index contributed by atoms with van der Waals surface area (Å²) in [7, 11) is 0. The van der Waals surface area contributed by atoms with E-state index < -0.39 is 0 Å². The number of rotatable bonds is 0. The Bertz CT molecular complexity index is 1180. The highest BCUT2D eigenvalue weighted by Gasteiger charge is 2.09. The number of hydrogen-bond donors (Lipinski definition) is 0. The van der Waals surface area contributed by atoms with Crippen molar-refractivity contribution in [1.29, 1.82) is 0 Å². The van der Waals surface area contributed by atoms with Crippen molar-refractivity contribution in [2.24, 2.45) is 0 Å². The third-order valence-electron chi connectivity index (χ3n) is 3.92. The van der Waals surface area contributed by atoms with Crippen molar-refractivity contribution in [3.8, 4) is 0 Å². The minimum atomic E-state index is 0.807. The second-order valence-corrected chi connectivity index (χ2v) is 5.24. The molecule has 3 heterocycles. The summed E-state index contributed by atoms with van der Waals surface area (Å²) >= 11 is 0. The summed E-state index contributed by atoms with van der Waals surface area (Å²) in [6.45, 7) is 0. The van der Waals surface area contributed by atoms with Gasteiger partial charge in [-0.25, -0.2) is 9.97 Å². The zero-order valence-corrected chi connectivity index (χ0v) is 11.6. The van der Waals surface area contributed by atoms with Crippen LogP contribution in [0.1, 0.15) is 0 Å². The van der Waals surface area contributed by atoms with E-state index >= 15 is 0 Å². The predicted octanol–water partition coefficient (Wildman–Crippen LogP) is 3.88. The number of hydrogen-bond acceptors (Lipinski definition) is 4. The Balaban J connectivity index is 2.02. The summed E-state index contributed by atoms with van der Waals surface area (Å²) in [5.74, 6) is 0. The van der Waals surface area contributed by atoms with Crippen LogP contribution in [0.25, 0.3) is 43.9 Å². The lowest BCUT2D eigenvalue weighted by Crippen LogP contribution is -1.92. The summed E-state index contributed by atoms with van der Waals surface area (Å²) in [6, 6.07) is 16.0. The van der Waals surface area contributed by atoms with Gasteiger partial charge in [-0.1, -0.05) is 24.3 Å². The van der Waals surface area contributed by atoms with E-state index in [9.17, 15) is 0 Å². The molecule has 0 amide bonds. The number of pyridine rings is 2. The van der Waals surface area contributed by atoms with Crippen molar-refractivity contribution >= 4 is 43.9 Å². The van der Waals surface area contributed by atoms with Crippen LogP contribution in [0, 0.1) is 0 Å². The molecule has 0 bridgehead atoms. The molecule has 22 heavy (non-hydrogen) atoms. The molecule has 0 unspecified atom stereocenters. The predicted molar refractivity (Wildman–Crippen MR) is 87.6 cm³/mol. The molecule has 0 aliphatic heterocycles. The minimum Gasteiger partial charge on any atom is -0.254 e. The van der Waals surface area contributed by atoms with Gasteiger partial charge < -0.3 is 0 Å². The van der Waals surface area contributed by atoms with Gasteiger partial charge in [-0.2, -0.15) is 0 Å². The minimum absolute atomic E-state index is 0.807. The molecule has 4 nitrogen and oxygen atoms in total. The molecule has 0 spiro atoms. The number of para-hydroxylation sites is 2. The fraction of sp³-hybridized carbons (Fsp3) is 0. The monoisotopic (exact) mass is 282 g/mol. The number of nitrogens with zero attached hydrogens (tertiary/aromatic N) is 4. The van der Waals surface area contributed by atoms with Gasteiger partial charge in [0.2, 0.25) is 0 Å². The van der Waals surface area contributed by atoms with E-state index in [2.05, 4.69) is 27.1 Å². The van der Waals surface area contributed by atoms with Crippen LogP contribution in [-0.2, 0) is 0 Å². The van der Waals surface area contributed by atoms with Crippen LogP contribution >= 0.6 is 0 Å². The smallest absolute Gasteiger partial charge is 0.108 e. The maximum atomic E-state index is 4.78. The Hall–Kier alpha value is -3.14. The zero-order valence-electron chi connectivity index (χ0n) is 11.6. The lowest BCUT2D eigenvalue weighted by molar-refractivity contribution is 1.34. The molecule has 0 fully saturated rings. The highest BCUT2D eigenvalue weighted by Crippen LogP contribution is 2.27. The summed E-state index contributed by atoms with van der Waals surface area (Å²) < 4.78 is 0. The topological polar surface area (TPSA) is 51.6 Å². The fourth-order valence-corrected chi connectivity index (χ4v) is 2.88. The molecular formula is C18H10N4. The number of aromatic nitrogens is 4. The second-order valence-electron chi connectivity index (χ2n) is 5.24. The van der Waals surface area contributed by atoms with Crippen molar-refractivity contribution in [2.45, 2.75) is 0 Å². The molecule has 0 N–H and O–H groups in total. The first-order valence-corrected chi connectivity index (χ1v) is 7.09. The quantitative estimate of drug-likeness (QED) is 0.319. The van der Waals surface area contributed by atoms with Gasteiger partial charge >= 0.3 is 0 Å². The van der Waals surface area contributed by atoms with Gasteiger partial charge in [0, 0.05) is 17.0 Å². The molecule has 0 aliphatic rings. The Kier molecular flexibility index (Phi) is 2.19. The van der Waals surface area contributed by atoms with Crippen molar-refractivity contribution in [2.75, 3.05) is 0 Å². The molecule has 0 atom stereocenters. The largest absolute Gasteiger partial charge is 0.254 e. The molecule has 0 radical (unpaired) electrons. The van der Waals surface area contributed by atoms with E-state index in [1.165, 1.54) is 0 Å². The fourth-order valence-electron chi connectivity index (χ4n) is 2.88. The molecular weight excluding hydrogens is 272 g/mol. The lowest BCUT2D eigenvalue weighted by Gasteiger charge is -2.06. The third kappa shape index (κ3) is 1.52. The Morgan fingerprint density at radius 2 is 1.45 bits per heavy atom.